The van der Waals surface area contributed by atoms with E-state index in [2.05, 4.69) is 32.7 Å². The number of rotatable bonds is 8. The summed E-state index contributed by atoms with van der Waals surface area (Å²) in [5, 5.41) is 0. The lowest BCUT2D eigenvalue weighted by Crippen LogP contribution is -2.11. The molecule has 0 amide bonds. The number of aliphatic imine (C=N–C) groups is 1. The molecule has 0 spiro atoms. The van der Waals surface area contributed by atoms with Gasteiger partial charge in [-0.15, -0.1) is 0 Å². The predicted molar refractivity (Wildman–Crippen MR) is 131 cm³/mol. The second-order valence-electron chi connectivity index (χ2n) is 8.74. The number of hydrogen-bond acceptors (Lipinski definition) is 4. The second kappa shape index (κ2) is 10.8. The summed E-state index contributed by atoms with van der Waals surface area (Å²) in [5.74, 6) is 1.02. The summed E-state index contributed by atoms with van der Waals surface area (Å²) in [6.45, 7) is 9.33. The Hall–Kier alpha value is -3.40. The molecular weight excluding hydrogens is 398 g/mol. The Balaban J connectivity index is 1.56. The monoisotopic (exact) mass is 429 g/mol. The van der Waals surface area contributed by atoms with Crippen LogP contribution in [0, 0.1) is 0 Å². The van der Waals surface area contributed by atoms with Gasteiger partial charge in [-0.1, -0.05) is 46.2 Å². The van der Waals surface area contributed by atoms with Crippen molar-refractivity contribution in [2.24, 2.45) is 4.99 Å². The Bertz CT molecular complexity index is 1030. The Kier molecular flexibility index (Phi) is 7.82. The predicted octanol–water partition coefficient (Wildman–Crippen LogP) is 7.13. The van der Waals surface area contributed by atoms with Crippen molar-refractivity contribution in [3.05, 3.63) is 89.5 Å². The fraction of sp³-hybridized carbons (Fsp3) is 0.286. The van der Waals surface area contributed by atoms with Crippen molar-refractivity contribution in [3.8, 4) is 11.5 Å². The quantitative estimate of drug-likeness (QED) is 0.166. The maximum absolute atomic E-state index is 12.4. The zero-order valence-electron chi connectivity index (χ0n) is 19.3. The van der Waals surface area contributed by atoms with Crippen LogP contribution < -0.4 is 9.47 Å². The number of ether oxygens (including phenoxy) is 2. The van der Waals surface area contributed by atoms with Gasteiger partial charge >= 0.3 is 5.97 Å². The van der Waals surface area contributed by atoms with E-state index in [1.807, 2.05) is 48.5 Å². The van der Waals surface area contributed by atoms with Crippen LogP contribution in [-0.2, 0) is 5.41 Å². The minimum absolute atomic E-state index is 0.0589. The molecule has 4 heteroatoms. The van der Waals surface area contributed by atoms with E-state index in [-0.39, 0.29) is 11.4 Å². The molecule has 0 saturated carbocycles. The van der Waals surface area contributed by atoms with Gasteiger partial charge < -0.3 is 9.47 Å². The molecule has 0 radical (unpaired) electrons. The zero-order chi connectivity index (χ0) is 23.0. The lowest BCUT2D eigenvalue weighted by atomic mass is 9.87. The smallest absolute Gasteiger partial charge is 0.343 e. The summed E-state index contributed by atoms with van der Waals surface area (Å²) >= 11 is 0. The summed E-state index contributed by atoms with van der Waals surface area (Å²) in [7, 11) is 0. The second-order valence-corrected chi connectivity index (χ2v) is 8.74. The molecule has 3 aromatic carbocycles. The van der Waals surface area contributed by atoms with Gasteiger partial charge in [0.05, 0.1) is 17.9 Å². The van der Waals surface area contributed by atoms with E-state index >= 15 is 0 Å². The molecule has 3 rings (SSSR count). The summed E-state index contributed by atoms with van der Waals surface area (Å²) in [5.41, 5.74) is 3.48. The third-order valence-corrected chi connectivity index (χ3v) is 5.04. The average Bonchev–Trinajstić information content (AvgIpc) is 2.79. The van der Waals surface area contributed by atoms with Crippen molar-refractivity contribution >= 4 is 17.9 Å². The zero-order valence-corrected chi connectivity index (χ0v) is 19.3. The van der Waals surface area contributed by atoms with Crippen molar-refractivity contribution in [2.75, 3.05) is 6.61 Å². The highest BCUT2D eigenvalue weighted by Crippen LogP contribution is 2.25. The van der Waals surface area contributed by atoms with Crippen LogP contribution in [0.1, 0.15) is 62.0 Å². The highest BCUT2D eigenvalue weighted by Gasteiger charge is 2.14. The summed E-state index contributed by atoms with van der Waals surface area (Å²) in [6, 6.07) is 22.5. The number of carbonyl (C=O) groups is 1. The maximum Gasteiger partial charge on any atom is 0.343 e. The lowest BCUT2D eigenvalue weighted by molar-refractivity contribution is 0.0735. The third-order valence-electron chi connectivity index (χ3n) is 5.04. The lowest BCUT2D eigenvalue weighted by Gasteiger charge is -2.19. The fourth-order valence-corrected chi connectivity index (χ4v) is 3.01. The molecule has 0 unspecified atom stereocenters. The minimum Gasteiger partial charge on any atom is -0.494 e. The molecule has 0 aliphatic rings. The van der Waals surface area contributed by atoms with E-state index in [0.29, 0.717) is 11.3 Å². The molecule has 32 heavy (non-hydrogen) atoms. The first-order chi connectivity index (χ1) is 15.3. The summed E-state index contributed by atoms with van der Waals surface area (Å²) < 4.78 is 11.2. The van der Waals surface area contributed by atoms with Gasteiger partial charge in [-0.05, 0) is 83.6 Å². The van der Waals surface area contributed by atoms with Crippen molar-refractivity contribution in [1.29, 1.82) is 0 Å². The van der Waals surface area contributed by atoms with Crippen LogP contribution in [-0.4, -0.2) is 18.8 Å². The topological polar surface area (TPSA) is 47.9 Å². The molecule has 166 valence electrons. The van der Waals surface area contributed by atoms with E-state index in [1.54, 1.807) is 30.5 Å². The van der Waals surface area contributed by atoms with Gasteiger partial charge in [-0.25, -0.2) is 4.79 Å². The Labute approximate surface area is 190 Å². The molecule has 0 fully saturated rings. The Morgan fingerprint density at radius 3 is 2.09 bits per heavy atom. The molecule has 0 atom stereocenters. The Morgan fingerprint density at radius 1 is 0.875 bits per heavy atom. The van der Waals surface area contributed by atoms with Crippen LogP contribution in [0.15, 0.2) is 77.8 Å². The first-order valence-corrected chi connectivity index (χ1v) is 11.0. The van der Waals surface area contributed by atoms with Gasteiger partial charge in [0.25, 0.3) is 0 Å². The van der Waals surface area contributed by atoms with Gasteiger partial charge in [-0.2, -0.15) is 0 Å². The van der Waals surface area contributed by atoms with E-state index in [0.717, 1.165) is 36.4 Å². The van der Waals surface area contributed by atoms with Crippen LogP contribution in [0.3, 0.4) is 0 Å². The largest absolute Gasteiger partial charge is 0.494 e. The molecule has 0 heterocycles. The van der Waals surface area contributed by atoms with Crippen LogP contribution in [0.25, 0.3) is 0 Å². The molecule has 0 aliphatic heterocycles. The van der Waals surface area contributed by atoms with Crippen molar-refractivity contribution in [1.82, 2.24) is 0 Å². The summed E-state index contributed by atoms with van der Waals surface area (Å²) in [4.78, 5) is 16.9. The fourth-order valence-electron chi connectivity index (χ4n) is 3.01. The van der Waals surface area contributed by atoms with Crippen LogP contribution >= 0.6 is 0 Å². The van der Waals surface area contributed by atoms with Gasteiger partial charge in [0.1, 0.15) is 11.5 Å². The number of hydrogen-bond donors (Lipinski definition) is 0. The van der Waals surface area contributed by atoms with Crippen LogP contribution in [0.4, 0.5) is 5.69 Å². The number of unbranched alkanes of at least 4 members (excludes halogenated alkanes) is 1. The van der Waals surface area contributed by atoms with E-state index in [9.17, 15) is 4.79 Å². The van der Waals surface area contributed by atoms with E-state index in [4.69, 9.17) is 9.47 Å². The van der Waals surface area contributed by atoms with Gasteiger partial charge in [0.2, 0.25) is 0 Å². The average molecular weight is 430 g/mol. The maximum atomic E-state index is 12.4. The molecule has 0 bridgehead atoms. The molecule has 4 nitrogen and oxygen atoms in total. The van der Waals surface area contributed by atoms with Gasteiger partial charge in [-0.3, -0.25) is 4.99 Å². The number of benzene rings is 3. The SMILES string of the molecule is CCCCOc1ccc(C=Nc2ccc(C(=O)Oc3ccc(C(C)(C)C)cc3)cc2)cc1. The first-order valence-electron chi connectivity index (χ1n) is 11.0. The van der Waals surface area contributed by atoms with E-state index < -0.39 is 0 Å². The van der Waals surface area contributed by atoms with Crippen molar-refractivity contribution in [3.63, 3.8) is 0 Å². The molecule has 0 aromatic heterocycles. The van der Waals surface area contributed by atoms with Crippen LogP contribution in [0.5, 0.6) is 11.5 Å². The highest BCUT2D eigenvalue weighted by molar-refractivity contribution is 5.91. The standard InChI is InChI=1S/C28H31NO3/c1-5-6-19-31-25-15-7-21(8-16-25)20-29-24-13-9-22(10-14-24)27(30)32-26-17-11-23(12-18-26)28(2,3)4/h7-18,20H,5-6,19H2,1-4H3. The number of nitrogens with zero attached hydrogens (tertiary/aromatic N) is 1. The number of carbonyl (C=O) groups excluding carboxylic acids is 1. The molecule has 0 N–H and O–H groups in total. The molecular formula is C28H31NO3. The molecule has 0 saturated heterocycles. The van der Waals surface area contributed by atoms with Crippen molar-refractivity contribution < 1.29 is 14.3 Å². The normalized spacial score (nSPS) is 11.5. The third kappa shape index (κ3) is 6.81. The molecule has 3 aromatic rings. The molecule has 0 aliphatic carbocycles. The first kappa shape index (κ1) is 23.3. The van der Waals surface area contributed by atoms with Gasteiger partial charge in [0.15, 0.2) is 0 Å². The van der Waals surface area contributed by atoms with Crippen molar-refractivity contribution in [2.45, 2.75) is 46.0 Å². The number of esters is 1. The highest BCUT2D eigenvalue weighted by atomic mass is 16.5. The van der Waals surface area contributed by atoms with E-state index in [1.165, 1.54) is 5.56 Å². The Morgan fingerprint density at radius 2 is 1.50 bits per heavy atom. The van der Waals surface area contributed by atoms with Crippen LogP contribution in [0.2, 0.25) is 0 Å². The summed E-state index contributed by atoms with van der Waals surface area (Å²) in [6.07, 6.45) is 3.96. The minimum atomic E-state index is -0.386. The van der Waals surface area contributed by atoms with Gasteiger partial charge in [0, 0.05) is 6.21 Å².